The predicted octanol–water partition coefficient (Wildman–Crippen LogP) is 5.71. The highest BCUT2D eigenvalue weighted by Gasteiger charge is 2.25. The van der Waals surface area contributed by atoms with Crippen molar-refractivity contribution in [2.24, 2.45) is 10.8 Å². The normalized spacial score (nSPS) is 13.9. The van der Waals surface area contributed by atoms with E-state index in [4.69, 9.17) is 9.47 Å². The van der Waals surface area contributed by atoms with Crippen LogP contribution in [-0.4, -0.2) is 81.1 Å². The SMILES string of the molecule is CC.CC.Cc1cccc(C(=O)NCC(C)(C)COCC(C)(C)COCCNC(=O)CCC(NCCN2C(=O)C=CC2=O)=C2CCC2)c1. The molecule has 1 fully saturated rings. The molecule has 0 radical (unpaired) electrons. The fourth-order valence-electron chi connectivity index (χ4n) is 4.86. The molecule has 1 aliphatic carbocycles. The van der Waals surface area contributed by atoms with E-state index in [0.717, 1.165) is 30.5 Å². The van der Waals surface area contributed by atoms with E-state index in [1.165, 1.54) is 22.6 Å². The van der Waals surface area contributed by atoms with Crippen molar-refractivity contribution in [2.45, 2.75) is 94.4 Å². The van der Waals surface area contributed by atoms with Gasteiger partial charge in [0.15, 0.2) is 0 Å². The summed E-state index contributed by atoms with van der Waals surface area (Å²) < 4.78 is 11.9. The van der Waals surface area contributed by atoms with Crippen LogP contribution in [0.3, 0.4) is 0 Å². The zero-order valence-corrected chi connectivity index (χ0v) is 31.1. The Hall–Kier alpha value is -3.50. The molecule has 0 aromatic heterocycles. The lowest BCUT2D eigenvalue weighted by molar-refractivity contribution is -0.136. The number of hydrogen-bond donors (Lipinski definition) is 3. The summed E-state index contributed by atoms with van der Waals surface area (Å²) in [6.07, 6.45) is 6.70. The van der Waals surface area contributed by atoms with Gasteiger partial charge in [0, 0.05) is 66.8 Å². The van der Waals surface area contributed by atoms with Crippen LogP contribution in [0.1, 0.15) is 103 Å². The minimum Gasteiger partial charge on any atom is -0.387 e. The Bertz CT molecular complexity index is 1210. The first kappa shape index (κ1) is 42.5. The Balaban J connectivity index is 0.00000277. The number of aryl methyl sites for hydroxylation is 1. The summed E-state index contributed by atoms with van der Waals surface area (Å²) in [5, 5.41) is 9.29. The summed E-state index contributed by atoms with van der Waals surface area (Å²) in [4.78, 5) is 49.6. The van der Waals surface area contributed by atoms with Gasteiger partial charge in [-0.05, 0) is 44.7 Å². The molecule has 270 valence electrons. The third kappa shape index (κ3) is 16.1. The first-order valence-corrected chi connectivity index (χ1v) is 17.6. The van der Waals surface area contributed by atoms with Crippen LogP contribution in [-0.2, 0) is 23.9 Å². The maximum absolute atomic E-state index is 12.5. The minimum atomic E-state index is -0.285. The van der Waals surface area contributed by atoms with Crippen LogP contribution in [0, 0.1) is 17.8 Å². The number of rotatable bonds is 19. The molecule has 1 aliphatic heterocycles. The molecule has 0 saturated heterocycles. The van der Waals surface area contributed by atoms with Crippen LogP contribution in [0.5, 0.6) is 0 Å². The molecule has 10 nitrogen and oxygen atoms in total. The lowest BCUT2D eigenvalue weighted by Crippen LogP contribution is -2.38. The van der Waals surface area contributed by atoms with Crippen LogP contribution in [0.15, 0.2) is 47.7 Å². The molecule has 0 spiro atoms. The van der Waals surface area contributed by atoms with Gasteiger partial charge in [0.1, 0.15) is 0 Å². The number of carbonyl (C=O) groups excluding carboxylic acids is 4. The monoisotopic (exact) mass is 670 g/mol. The molecule has 10 heteroatoms. The first-order valence-electron chi connectivity index (χ1n) is 17.6. The zero-order valence-electron chi connectivity index (χ0n) is 31.1. The average Bonchev–Trinajstić information content (AvgIpc) is 3.35. The topological polar surface area (TPSA) is 126 Å². The molecule has 0 bridgehead atoms. The van der Waals surface area contributed by atoms with Gasteiger partial charge in [-0.2, -0.15) is 0 Å². The smallest absolute Gasteiger partial charge is 0.253 e. The van der Waals surface area contributed by atoms with Crippen molar-refractivity contribution in [3.05, 3.63) is 58.8 Å². The number of benzene rings is 1. The van der Waals surface area contributed by atoms with Crippen molar-refractivity contribution in [2.75, 3.05) is 52.6 Å². The van der Waals surface area contributed by atoms with Crippen molar-refractivity contribution in [1.82, 2.24) is 20.9 Å². The minimum absolute atomic E-state index is 0.0405. The molecule has 2 aliphatic rings. The molecule has 3 rings (SSSR count). The van der Waals surface area contributed by atoms with Crippen LogP contribution in [0.4, 0.5) is 0 Å². The highest BCUT2D eigenvalue weighted by molar-refractivity contribution is 6.12. The number of allylic oxidation sites excluding steroid dienone is 2. The highest BCUT2D eigenvalue weighted by Crippen LogP contribution is 2.29. The number of carbonyl (C=O) groups is 4. The third-order valence-electron chi connectivity index (χ3n) is 7.62. The average molecular weight is 671 g/mol. The van der Waals surface area contributed by atoms with Gasteiger partial charge >= 0.3 is 0 Å². The second-order valence-corrected chi connectivity index (χ2v) is 13.3. The molecule has 0 unspecified atom stereocenters. The second-order valence-electron chi connectivity index (χ2n) is 13.3. The first-order chi connectivity index (χ1) is 22.8. The molecular weight excluding hydrogens is 608 g/mol. The standard InChI is InChI=1S/C34H50N4O6.2C2H6/c1-25-8-6-11-27(20-25)32(42)37-21-33(2,3)22-44-24-34(4,5)23-43-19-17-36-29(39)13-12-28(26-9-7-10-26)35-16-18-38-30(40)14-15-31(38)41;2*1-2/h6,8,11,14-15,20,35H,7,9-10,12-13,16-19,21-24H2,1-5H3,(H,36,39)(H,37,42);2*1-2H3. The van der Waals surface area contributed by atoms with Crippen LogP contribution < -0.4 is 16.0 Å². The quantitative estimate of drug-likeness (QED) is 0.127. The van der Waals surface area contributed by atoms with E-state index in [9.17, 15) is 19.2 Å². The maximum Gasteiger partial charge on any atom is 0.253 e. The molecule has 1 aromatic carbocycles. The van der Waals surface area contributed by atoms with E-state index in [1.54, 1.807) is 0 Å². The molecule has 4 amide bonds. The molecule has 0 atom stereocenters. The number of imide groups is 1. The Labute approximate surface area is 289 Å². The number of nitrogens with one attached hydrogen (secondary N) is 3. The largest absolute Gasteiger partial charge is 0.387 e. The highest BCUT2D eigenvalue weighted by atomic mass is 16.5. The summed E-state index contributed by atoms with van der Waals surface area (Å²) in [6.45, 7) is 21.9. The second kappa shape index (κ2) is 22.2. The summed E-state index contributed by atoms with van der Waals surface area (Å²) in [5.41, 5.74) is 3.64. The van der Waals surface area contributed by atoms with Gasteiger partial charge in [-0.25, -0.2) is 0 Å². The molecule has 3 N–H and O–H groups in total. The molecule has 1 heterocycles. The molecule has 48 heavy (non-hydrogen) atoms. The predicted molar refractivity (Wildman–Crippen MR) is 192 cm³/mol. The van der Waals surface area contributed by atoms with Crippen LogP contribution in [0.2, 0.25) is 0 Å². The van der Waals surface area contributed by atoms with Crippen molar-refractivity contribution in [3.63, 3.8) is 0 Å². The van der Waals surface area contributed by atoms with Crippen molar-refractivity contribution >= 4 is 23.6 Å². The molecular formula is C38H62N4O6. The number of hydrogen-bond acceptors (Lipinski definition) is 7. The van der Waals surface area contributed by atoms with Crippen LogP contribution >= 0.6 is 0 Å². The molecule has 1 saturated carbocycles. The molecule has 1 aromatic rings. The Morgan fingerprint density at radius 2 is 1.44 bits per heavy atom. The fraction of sp³-hybridized carbons (Fsp3) is 0.632. The van der Waals surface area contributed by atoms with E-state index < -0.39 is 0 Å². The van der Waals surface area contributed by atoms with E-state index >= 15 is 0 Å². The van der Waals surface area contributed by atoms with Gasteiger partial charge in [0.2, 0.25) is 5.91 Å². The number of amides is 4. The number of ether oxygens (including phenoxy) is 2. The van der Waals surface area contributed by atoms with E-state index in [0.29, 0.717) is 71.0 Å². The maximum atomic E-state index is 12.5. The lowest BCUT2D eigenvalue weighted by atomic mass is 9.89. The van der Waals surface area contributed by atoms with E-state index in [1.807, 2.05) is 58.9 Å². The van der Waals surface area contributed by atoms with Crippen LogP contribution in [0.25, 0.3) is 0 Å². The Morgan fingerprint density at radius 3 is 2.04 bits per heavy atom. The van der Waals surface area contributed by atoms with E-state index in [2.05, 4.69) is 43.6 Å². The Kier molecular flexibility index (Phi) is 19.7. The summed E-state index contributed by atoms with van der Waals surface area (Å²) in [7, 11) is 0. The van der Waals surface area contributed by atoms with Gasteiger partial charge in [-0.15, -0.1) is 0 Å². The summed E-state index contributed by atoms with van der Waals surface area (Å²) >= 11 is 0. The zero-order chi connectivity index (χ0) is 36.2. The van der Waals surface area contributed by atoms with Crippen molar-refractivity contribution < 1.29 is 28.7 Å². The Morgan fingerprint density at radius 1 is 0.812 bits per heavy atom. The number of nitrogens with zero attached hydrogens (tertiary/aromatic N) is 1. The summed E-state index contributed by atoms with van der Waals surface area (Å²) in [5.74, 6) is -0.695. The van der Waals surface area contributed by atoms with Gasteiger partial charge in [0.25, 0.3) is 17.7 Å². The third-order valence-corrected chi connectivity index (χ3v) is 7.62. The van der Waals surface area contributed by atoms with Crippen molar-refractivity contribution in [1.29, 1.82) is 0 Å². The fourth-order valence-corrected chi connectivity index (χ4v) is 4.86. The lowest BCUT2D eigenvalue weighted by Gasteiger charge is -2.29. The van der Waals surface area contributed by atoms with Gasteiger partial charge in [-0.3, -0.25) is 24.1 Å². The van der Waals surface area contributed by atoms with Gasteiger partial charge < -0.3 is 25.4 Å². The van der Waals surface area contributed by atoms with Gasteiger partial charge in [-0.1, -0.05) is 78.7 Å². The summed E-state index contributed by atoms with van der Waals surface area (Å²) in [6, 6.07) is 7.54. The van der Waals surface area contributed by atoms with Crippen molar-refractivity contribution in [3.8, 4) is 0 Å². The van der Waals surface area contributed by atoms with Gasteiger partial charge in [0.05, 0.1) is 26.4 Å². The van der Waals surface area contributed by atoms with E-state index in [-0.39, 0.29) is 34.5 Å².